The lowest BCUT2D eigenvalue weighted by molar-refractivity contribution is 0.616. The number of anilines is 1. The van der Waals surface area contributed by atoms with Gasteiger partial charge in [-0.1, -0.05) is 31.5 Å². The summed E-state index contributed by atoms with van der Waals surface area (Å²) in [6, 6.07) is 11.2. The maximum atomic E-state index is 2.34. The molecule has 0 aromatic heterocycles. The van der Waals surface area contributed by atoms with Crippen LogP contribution < -0.4 is 4.90 Å². The van der Waals surface area contributed by atoms with Gasteiger partial charge in [-0.2, -0.15) is 0 Å². The van der Waals surface area contributed by atoms with Crippen molar-refractivity contribution in [1.29, 1.82) is 0 Å². The summed E-state index contributed by atoms with van der Waals surface area (Å²) in [5.74, 6) is 0. The zero-order valence-corrected chi connectivity index (χ0v) is 8.83. The summed E-state index contributed by atoms with van der Waals surface area (Å²) in [6.07, 6.45) is 2.50. The van der Waals surface area contributed by atoms with Crippen LogP contribution in [-0.2, 0) is 0 Å². The van der Waals surface area contributed by atoms with Crippen LogP contribution in [0, 0.1) is 0 Å². The van der Waals surface area contributed by atoms with Gasteiger partial charge in [0.2, 0.25) is 0 Å². The van der Waals surface area contributed by atoms with Crippen molar-refractivity contribution in [2.24, 2.45) is 0 Å². The standard InChI is InChI=1S/C12H19N/c1-4-8-11(2)13(3)12-9-6-5-7-10-12/h5-7,9-11H,4,8H2,1-3H3. The van der Waals surface area contributed by atoms with Crippen LogP contribution in [0.5, 0.6) is 0 Å². The Balaban J connectivity index is 2.62. The Kier molecular flexibility index (Phi) is 3.81. The highest BCUT2D eigenvalue weighted by molar-refractivity contribution is 5.45. The molecule has 0 saturated heterocycles. The summed E-state index contributed by atoms with van der Waals surface area (Å²) in [7, 11) is 2.16. The van der Waals surface area contributed by atoms with E-state index in [0.717, 1.165) is 0 Å². The van der Waals surface area contributed by atoms with Gasteiger partial charge >= 0.3 is 0 Å². The van der Waals surface area contributed by atoms with Crippen LogP contribution in [0.2, 0.25) is 0 Å². The van der Waals surface area contributed by atoms with Gasteiger partial charge in [0.05, 0.1) is 0 Å². The summed E-state index contributed by atoms with van der Waals surface area (Å²) in [6.45, 7) is 4.51. The van der Waals surface area contributed by atoms with Crippen molar-refractivity contribution in [1.82, 2.24) is 0 Å². The van der Waals surface area contributed by atoms with Crippen molar-refractivity contribution in [2.75, 3.05) is 11.9 Å². The molecule has 72 valence electrons. The van der Waals surface area contributed by atoms with E-state index in [9.17, 15) is 0 Å². The third-order valence-electron chi connectivity index (χ3n) is 2.53. The highest BCUT2D eigenvalue weighted by Crippen LogP contribution is 2.16. The molecule has 0 heterocycles. The molecule has 13 heavy (non-hydrogen) atoms. The molecule has 1 aromatic rings. The number of rotatable bonds is 4. The molecule has 1 nitrogen and oxygen atoms in total. The number of benzene rings is 1. The molecule has 0 saturated carbocycles. The van der Waals surface area contributed by atoms with Crippen molar-refractivity contribution < 1.29 is 0 Å². The Labute approximate surface area is 81.4 Å². The second kappa shape index (κ2) is 4.90. The fourth-order valence-electron chi connectivity index (χ4n) is 1.53. The fraction of sp³-hybridized carbons (Fsp3) is 0.500. The van der Waals surface area contributed by atoms with Crippen LogP contribution in [0.3, 0.4) is 0 Å². The molecular formula is C12H19N. The zero-order chi connectivity index (χ0) is 9.68. The molecule has 0 aliphatic rings. The van der Waals surface area contributed by atoms with Gasteiger partial charge in [0.15, 0.2) is 0 Å². The third-order valence-corrected chi connectivity index (χ3v) is 2.53. The predicted octanol–water partition coefficient (Wildman–Crippen LogP) is 3.31. The van der Waals surface area contributed by atoms with Crippen molar-refractivity contribution >= 4 is 5.69 Å². The molecule has 0 fully saturated rings. The molecule has 1 rings (SSSR count). The Bertz CT molecular complexity index is 230. The maximum Gasteiger partial charge on any atom is 0.0365 e. The lowest BCUT2D eigenvalue weighted by atomic mass is 10.1. The van der Waals surface area contributed by atoms with Crippen molar-refractivity contribution in [3.63, 3.8) is 0 Å². The molecule has 1 aromatic carbocycles. The number of para-hydroxylation sites is 1. The predicted molar refractivity (Wildman–Crippen MR) is 59.2 cm³/mol. The first-order valence-electron chi connectivity index (χ1n) is 5.03. The first-order chi connectivity index (χ1) is 6.25. The molecular weight excluding hydrogens is 158 g/mol. The van der Waals surface area contributed by atoms with Crippen LogP contribution in [0.25, 0.3) is 0 Å². The Morgan fingerprint density at radius 3 is 2.38 bits per heavy atom. The van der Waals surface area contributed by atoms with Gasteiger partial charge in [-0.3, -0.25) is 0 Å². The molecule has 0 aliphatic heterocycles. The highest BCUT2D eigenvalue weighted by atomic mass is 15.1. The smallest absolute Gasteiger partial charge is 0.0365 e. The summed E-state index contributed by atoms with van der Waals surface area (Å²) in [5.41, 5.74) is 1.31. The van der Waals surface area contributed by atoms with Gasteiger partial charge in [0.1, 0.15) is 0 Å². The van der Waals surface area contributed by atoms with Crippen LogP contribution in [0.15, 0.2) is 30.3 Å². The van der Waals surface area contributed by atoms with E-state index >= 15 is 0 Å². The Morgan fingerprint density at radius 1 is 1.23 bits per heavy atom. The third kappa shape index (κ3) is 2.76. The highest BCUT2D eigenvalue weighted by Gasteiger charge is 2.07. The fourth-order valence-corrected chi connectivity index (χ4v) is 1.53. The molecule has 0 bridgehead atoms. The van der Waals surface area contributed by atoms with E-state index in [1.54, 1.807) is 0 Å². The van der Waals surface area contributed by atoms with Gasteiger partial charge in [0, 0.05) is 18.8 Å². The molecule has 0 aliphatic carbocycles. The lowest BCUT2D eigenvalue weighted by Gasteiger charge is -2.26. The molecule has 0 spiro atoms. The number of hydrogen-bond donors (Lipinski definition) is 0. The van der Waals surface area contributed by atoms with Crippen LogP contribution in [0.4, 0.5) is 5.69 Å². The average molecular weight is 177 g/mol. The minimum atomic E-state index is 0.632. The molecule has 0 N–H and O–H groups in total. The quantitative estimate of drug-likeness (QED) is 0.682. The van der Waals surface area contributed by atoms with Crippen molar-refractivity contribution in [2.45, 2.75) is 32.7 Å². The van der Waals surface area contributed by atoms with Crippen LogP contribution in [0.1, 0.15) is 26.7 Å². The van der Waals surface area contributed by atoms with E-state index in [4.69, 9.17) is 0 Å². The van der Waals surface area contributed by atoms with Gasteiger partial charge in [-0.05, 0) is 25.5 Å². The van der Waals surface area contributed by atoms with E-state index in [-0.39, 0.29) is 0 Å². The SMILES string of the molecule is CCCC(C)N(C)c1ccccc1. The van der Waals surface area contributed by atoms with Gasteiger partial charge in [-0.25, -0.2) is 0 Å². The summed E-state index contributed by atoms with van der Waals surface area (Å²) < 4.78 is 0. The first-order valence-corrected chi connectivity index (χ1v) is 5.03. The van der Waals surface area contributed by atoms with Gasteiger partial charge < -0.3 is 4.90 Å². The first kappa shape index (κ1) is 10.1. The Morgan fingerprint density at radius 2 is 1.85 bits per heavy atom. The largest absolute Gasteiger partial charge is 0.372 e. The molecule has 0 radical (unpaired) electrons. The average Bonchev–Trinajstić information content (AvgIpc) is 2.18. The van der Waals surface area contributed by atoms with Crippen molar-refractivity contribution in [3.05, 3.63) is 30.3 Å². The van der Waals surface area contributed by atoms with Gasteiger partial charge in [-0.15, -0.1) is 0 Å². The molecule has 0 amide bonds. The van der Waals surface area contributed by atoms with Crippen molar-refractivity contribution in [3.8, 4) is 0 Å². The topological polar surface area (TPSA) is 3.24 Å². The summed E-state index contributed by atoms with van der Waals surface area (Å²) >= 11 is 0. The minimum absolute atomic E-state index is 0.632. The molecule has 1 heteroatoms. The Hall–Kier alpha value is -0.980. The van der Waals surface area contributed by atoms with Gasteiger partial charge in [0.25, 0.3) is 0 Å². The second-order valence-corrected chi connectivity index (χ2v) is 3.58. The normalized spacial score (nSPS) is 12.5. The van der Waals surface area contributed by atoms with E-state index in [0.29, 0.717) is 6.04 Å². The number of nitrogens with zero attached hydrogens (tertiary/aromatic N) is 1. The summed E-state index contributed by atoms with van der Waals surface area (Å²) in [5, 5.41) is 0. The maximum absolute atomic E-state index is 2.34. The van der Waals surface area contributed by atoms with Crippen LogP contribution >= 0.6 is 0 Å². The monoisotopic (exact) mass is 177 g/mol. The molecule has 1 atom stereocenters. The molecule has 1 unspecified atom stereocenters. The number of hydrogen-bond acceptors (Lipinski definition) is 1. The van der Waals surface area contributed by atoms with E-state index in [2.05, 4.69) is 56.1 Å². The minimum Gasteiger partial charge on any atom is -0.372 e. The summed E-state index contributed by atoms with van der Waals surface area (Å²) in [4.78, 5) is 2.34. The van der Waals surface area contributed by atoms with E-state index in [1.807, 2.05) is 0 Å². The van der Waals surface area contributed by atoms with Crippen LogP contribution in [-0.4, -0.2) is 13.1 Å². The second-order valence-electron chi connectivity index (χ2n) is 3.58. The zero-order valence-electron chi connectivity index (χ0n) is 8.83. The lowest BCUT2D eigenvalue weighted by Crippen LogP contribution is -2.28. The van der Waals surface area contributed by atoms with E-state index < -0.39 is 0 Å². The van der Waals surface area contributed by atoms with E-state index in [1.165, 1.54) is 18.5 Å².